The lowest BCUT2D eigenvalue weighted by Gasteiger charge is -2.07. The highest BCUT2D eigenvalue weighted by atomic mass is 32.2. The molecule has 0 fully saturated rings. The Morgan fingerprint density at radius 3 is 2.05 bits per heavy atom. The largest absolute Gasteiger partial charge is 0.457 e. The Hall–Kier alpha value is -2.31. The number of ether oxygens (including phenoxy) is 2. The summed E-state index contributed by atoms with van der Waals surface area (Å²) in [6.07, 6.45) is 2.00. The number of hydrogen-bond donors (Lipinski definition) is 1. The Morgan fingerprint density at radius 2 is 1.55 bits per heavy atom. The van der Waals surface area contributed by atoms with E-state index in [0.29, 0.717) is 11.5 Å². The van der Waals surface area contributed by atoms with Crippen LogP contribution in [0.3, 0.4) is 0 Å². The molecule has 5 nitrogen and oxygen atoms in total. The molecule has 0 bridgehead atoms. The van der Waals surface area contributed by atoms with Gasteiger partial charge in [0.25, 0.3) is 0 Å². The first-order valence-corrected chi connectivity index (χ1v) is 7.72. The van der Waals surface area contributed by atoms with E-state index in [-0.39, 0.29) is 12.1 Å². The Kier molecular flexibility index (Phi) is 5.57. The van der Waals surface area contributed by atoms with Gasteiger partial charge in [0.15, 0.2) is 0 Å². The lowest BCUT2D eigenvalue weighted by atomic mass is 10.2. The van der Waals surface area contributed by atoms with E-state index < -0.39 is 11.9 Å². The van der Waals surface area contributed by atoms with E-state index in [1.807, 2.05) is 30.5 Å². The van der Waals surface area contributed by atoms with Gasteiger partial charge in [-0.25, -0.2) is 4.79 Å². The third-order valence-corrected chi connectivity index (χ3v) is 3.50. The first-order chi connectivity index (χ1) is 10.6. The van der Waals surface area contributed by atoms with Crippen LogP contribution in [0, 0.1) is 0 Å². The van der Waals surface area contributed by atoms with Gasteiger partial charge >= 0.3 is 11.9 Å². The second kappa shape index (κ2) is 7.63. The van der Waals surface area contributed by atoms with Gasteiger partial charge in [0.1, 0.15) is 11.5 Å². The molecule has 0 atom stereocenters. The zero-order valence-electron chi connectivity index (χ0n) is 11.9. The number of benzene rings is 2. The van der Waals surface area contributed by atoms with Crippen LogP contribution in [0.1, 0.15) is 10.4 Å². The topological polar surface area (TPSA) is 78.6 Å². The average molecular weight is 317 g/mol. The molecule has 22 heavy (non-hydrogen) atoms. The van der Waals surface area contributed by atoms with Gasteiger partial charge in [0, 0.05) is 4.90 Å². The number of carbonyl (C=O) groups is 2. The van der Waals surface area contributed by atoms with E-state index in [4.69, 9.17) is 10.5 Å². The minimum atomic E-state index is -0.765. The summed E-state index contributed by atoms with van der Waals surface area (Å²) >= 11 is 1.65. The second-order valence-electron chi connectivity index (χ2n) is 4.27. The Labute approximate surface area is 132 Å². The van der Waals surface area contributed by atoms with Crippen molar-refractivity contribution in [2.75, 3.05) is 12.8 Å². The number of nitrogens with two attached hydrogens (primary N) is 1. The molecule has 6 heteroatoms. The van der Waals surface area contributed by atoms with Gasteiger partial charge in [0.2, 0.25) is 0 Å². The van der Waals surface area contributed by atoms with Gasteiger partial charge in [-0.3, -0.25) is 4.79 Å². The minimum absolute atomic E-state index is 0.256. The number of thioether (sulfide) groups is 1. The summed E-state index contributed by atoms with van der Waals surface area (Å²) in [5.74, 6) is -0.212. The predicted molar refractivity (Wildman–Crippen MR) is 84.2 cm³/mol. The highest BCUT2D eigenvalue weighted by molar-refractivity contribution is 7.98. The van der Waals surface area contributed by atoms with E-state index in [1.165, 1.54) is 12.1 Å². The molecule has 2 N–H and O–H groups in total. The number of rotatable bonds is 5. The van der Waals surface area contributed by atoms with Crippen LogP contribution >= 0.6 is 11.8 Å². The van der Waals surface area contributed by atoms with Crippen molar-refractivity contribution >= 4 is 23.7 Å². The zero-order chi connectivity index (χ0) is 15.9. The molecule has 0 saturated carbocycles. The molecule has 114 valence electrons. The van der Waals surface area contributed by atoms with Crippen LogP contribution in [0.2, 0.25) is 0 Å². The predicted octanol–water partition coefficient (Wildman–Crippen LogP) is 2.84. The van der Waals surface area contributed by atoms with E-state index in [0.717, 1.165) is 4.90 Å². The highest BCUT2D eigenvalue weighted by Crippen LogP contribution is 2.24. The SMILES string of the molecule is CSc1ccc(Oc2ccc(C(=O)OC(=O)CN)cc2)cc1. The van der Waals surface area contributed by atoms with Crippen LogP contribution in [0.15, 0.2) is 53.4 Å². The van der Waals surface area contributed by atoms with Crippen LogP contribution < -0.4 is 10.5 Å². The molecule has 0 aliphatic heterocycles. The van der Waals surface area contributed by atoms with E-state index in [9.17, 15) is 9.59 Å². The summed E-state index contributed by atoms with van der Waals surface area (Å²) in [5.41, 5.74) is 5.34. The summed E-state index contributed by atoms with van der Waals surface area (Å²) < 4.78 is 10.2. The first-order valence-electron chi connectivity index (χ1n) is 6.49. The first kappa shape index (κ1) is 16.1. The monoisotopic (exact) mass is 317 g/mol. The van der Waals surface area contributed by atoms with Gasteiger partial charge in [-0.15, -0.1) is 11.8 Å². The standard InChI is InChI=1S/C16H15NO4S/c1-22-14-8-6-13(7-9-14)20-12-4-2-11(3-5-12)16(19)21-15(18)10-17/h2-9H,10,17H2,1H3. The minimum Gasteiger partial charge on any atom is -0.457 e. The molecule has 0 aliphatic rings. The van der Waals surface area contributed by atoms with Crippen molar-refractivity contribution in [3.63, 3.8) is 0 Å². The van der Waals surface area contributed by atoms with Gasteiger partial charge < -0.3 is 15.2 Å². The maximum atomic E-state index is 11.6. The molecular weight excluding hydrogens is 302 g/mol. The fourth-order valence-electron chi connectivity index (χ4n) is 1.64. The van der Waals surface area contributed by atoms with Crippen LogP contribution in [0.4, 0.5) is 0 Å². The average Bonchev–Trinajstić information content (AvgIpc) is 2.56. The third-order valence-electron chi connectivity index (χ3n) is 2.76. The molecule has 0 heterocycles. The molecule has 0 aromatic heterocycles. The van der Waals surface area contributed by atoms with E-state index in [1.54, 1.807) is 23.9 Å². The fourth-order valence-corrected chi connectivity index (χ4v) is 2.05. The molecule has 2 aromatic carbocycles. The summed E-state index contributed by atoms with van der Waals surface area (Å²) in [4.78, 5) is 23.7. The third kappa shape index (κ3) is 4.34. The van der Waals surface area contributed by atoms with Crippen LogP contribution in [-0.4, -0.2) is 24.7 Å². The van der Waals surface area contributed by atoms with Gasteiger partial charge in [-0.1, -0.05) is 0 Å². The van der Waals surface area contributed by atoms with Crippen molar-refractivity contribution in [3.8, 4) is 11.5 Å². The zero-order valence-corrected chi connectivity index (χ0v) is 12.8. The Balaban J connectivity index is 2.01. The number of hydrogen-bond acceptors (Lipinski definition) is 6. The summed E-state index contributed by atoms with van der Waals surface area (Å²) in [5, 5.41) is 0. The fraction of sp³-hybridized carbons (Fsp3) is 0.125. The van der Waals surface area contributed by atoms with Crippen molar-refractivity contribution in [2.24, 2.45) is 5.73 Å². The van der Waals surface area contributed by atoms with E-state index >= 15 is 0 Å². The van der Waals surface area contributed by atoms with Crippen molar-refractivity contribution in [1.82, 2.24) is 0 Å². The molecule has 0 saturated heterocycles. The summed E-state index contributed by atoms with van der Waals surface area (Å²) in [6, 6.07) is 14.0. The van der Waals surface area contributed by atoms with Crippen LogP contribution in [-0.2, 0) is 9.53 Å². The maximum Gasteiger partial charge on any atom is 0.345 e. The van der Waals surface area contributed by atoms with Crippen molar-refractivity contribution in [2.45, 2.75) is 4.90 Å². The lowest BCUT2D eigenvalue weighted by molar-refractivity contribution is -0.136. The number of esters is 2. The molecular formula is C16H15NO4S. The molecule has 2 rings (SSSR count). The van der Waals surface area contributed by atoms with Crippen molar-refractivity contribution < 1.29 is 19.1 Å². The van der Waals surface area contributed by atoms with Crippen molar-refractivity contribution in [1.29, 1.82) is 0 Å². The Morgan fingerprint density at radius 1 is 1.00 bits per heavy atom. The molecule has 0 aliphatic carbocycles. The van der Waals surface area contributed by atoms with Gasteiger partial charge in [-0.05, 0) is 54.8 Å². The van der Waals surface area contributed by atoms with Gasteiger partial charge in [-0.2, -0.15) is 0 Å². The molecule has 2 aromatic rings. The second-order valence-corrected chi connectivity index (χ2v) is 5.15. The molecule has 0 amide bonds. The smallest absolute Gasteiger partial charge is 0.345 e. The maximum absolute atomic E-state index is 11.6. The van der Waals surface area contributed by atoms with Crippen LogP contribution in [0.25, 0.3) is 0 Å². The van der Waals surface area contributed by atoms with E-state index in [2.05, 4.69) is 4.74 Å². The summed E-state index contributed by atoms with van der Waals surface area (Å²) in [6.45, 7) is -0.334. The normalized spacial score (nSPS) is 10.1. The van der Waals surface area contributed by atoms with Crippen molar-refractivity contribution in [3.05, 3.63) is 54.1 Å². The van der Waals surface area contributed by atoms with Crippen LogP contribution in [0.5, 0.6) is 11.5 Å². The molecule has 0 spiro atoms. The summed E-state index contributed by atoms with van der Waals surface area (Å²) in [7, 11) is 0. The lowest BCUT2D eigenvalue weighted by Crippen LogP contribution is -2.20. The Bertz CT molecular complexity index is 653. The quantitative estimate of drug-likeness (QED) is 0.519. The molecule has 0 unspecified atom stereocenters. The number of carbonyl (C=O) groups excluding carboxylic acids is 2. The highest BCUT2D eigenvalue weighted by Gasteiger charge is 2.11. The van der Waals surface area contributed by atoms with Gasteiger partial charge in [0.05, 0.1) is 12.1 Å². The molecule has 0 radical (unpaired) electrons.